The van der Waals surface area contributed by atoms with E-state index in [9.17, 15) is 0 Å². The summed E-state index contributed by atoms with van der Waals surface area (Å²) in [6.45, 7) is 0.797. The highest BCUT2D eigenvalue weighted by atomic mass is 16.5. The monoisotopic (exact) mass is 216 g/mol. The van der Waals surface area contributed by atoms with Crippen molar-refractivity contribution in [2.45, 2.75) is 44.8 Å². The normalized spacial score (nSPS) is 32.9. The highest BCUT2D eigenvalue weighted by molar-refractivity contribution is 5.13. The Balaban J connectivity index is 1.52. The number of benzene rings is 1. The van der Waals surface area contributed by atoms with Gasteiger partial charge in [-0.25, -0.2) is 0 Å². The van der Waals surface area contributed by atoms with Gasteiger partial charge >= 0.3 is 0 Å². The lowest BCUT2D eigenvalue weighted by Gasteiger charge is -2.27. The van der Waals surface area contributed by atoms with E-state index in [-0.39, 0.29) is 0 Å². The largest absolute Gasteiger partial charge is 0.374 e. The van der Waals surface area contributed by atoms with E-state index in [0.717, 1.165) is 18.4 Å². The molecule has 1 nitrogen and oxygen atoms in total. The van der Waals surface area contributed by atoms with E-state index in [4.69, 9.17) is 4.74 Å². The van der Waals surface area contributed by atoms with Gasteiger partial charge in [-0.2, -0.15) is 0 Å². The van der Waals surface area contributed by atoms with Crippen molar-refractivity contribution < 1.29 is 4.74 Å². The van der Waals surface area contributed by atoms with Crippen LogP contribution in [0.15, 0.2) is 30.3 Å². The van der Waals surface area contributed by atoms with Crippen LogP contribution in [0.25, 0.3) is 0 Å². The van der Waals surface area contributed by atoms with Crippen LogP contribution >= 0.6 is 0 Å². The summed E-state index contributed by atoms with van der Waals surface area (Å²) in [5.74, 6) is 1.94. The molecule has 2 bridgehead atoms. The Morgan fingerprint density at radius 1 is 0.938 bits per heavy atom. The van der Waals surface area contributed by atoms with E-state index in [1.165, 1.54) is 37.7 Å². The van der Waals surface area contributed by atoms with E-state index in [1.807, 2.05) is 0 Å². The molecule has 0 N–H and O–H groups in total. The molecule has 2 aliphatic rings. The summed E-state index contributed by atoms with van der Waals surface area (Å²) in [5.41, 5.74) is 1.31. The summed E-state index contributed by atoms with van der Waals surface area (Å²) < 4.78 is 6.05. The average Bonchev–Trinajstić information content (AvgIpc) is 2.67. The van der Waals surface area contributed by atoms with E-state index >= 15 is 0 Å². The second-order valence-corrected chi connectivity index (χ2v) is 5.44. The highest BCUT2D eigenvalue weighted by Crippen LogP contribution is 2.42. The van der Waals surface area contributed by atoms with E-state index in [0.29, 0.717) is 6.10 Å². The molecule has 86 valence electrons. The molecule has 2 fully saturated rings. The third-order valence-corrected chi connectivity index (χ3v) is 4.17. The molecule has 2 aliphatic carbocycles. The molecule has 0 aromatic heterocycles. The van der Waals surface area contributed by atoms with Gasteiger partial charge in [-0.05, 0) is 36.7 Å². The zero-order valence-electron chi connectivity index (χ0n) is 9.77. The topological polar surface area (TPSA) is 9.23 Å². The molecule has 3 atom stereocenters. The van der Waals surface area contributed by atoms with Crippen molar-refractivity contribution in [3.63, 3.8) is 0 Å². The van der Waals surface area contributed by atoms with Crippen LogP contribution in [0.4, 0.5) is 0 Å². The first-order valence-corrected chi connectivity index (χ1v) is 6.55. The predicted octanol–water partition coefficient (Wildman–Crippen LogP) is 3.78. The Morgan fingerprint density at radius 2 is 1.62 bits per heavy atom. The maximum absolute atomic E-state index is 6.05. The molecule has 2 saturated carbocycles. The first kappa shape index (κ1) is 10.3. The molecule has 0 saturated heterocycles. The summed E-state index contributed by atoms with van der Waals surface area (Å²) >= 11 is 0. The van der Waals surface area contributed by atoms with Crippen LogP contribution in [0.1, 0.15) is 37.7 Å². The van der Waals surface area contributed by atoms with E-state index in [1.54, 1.807) is 0 Å². The van der Waals surface area contributed by atoms with Crippen molar-refractivity contribution in [1.82, 2.24) is 0 Å². The molecule has 1 heteroatoms. The van der Waals surface area contributed by atoms with Crippen molar-refractivity contribution in [1.29, 1.82) is 0 Å². The summed E-state index contributed by atoms with van der Waals surface area (Å²) in [7, 11) is 0. The fraction of sp³-hybridized carbons (Fsp3) is 0.600. The smallest absolute Gasteiger partial charge is 0.0720 e. The number of rotatable bonds is 3. The molecule has 0 unspecified atom stereocenters. The molecule has 1 aromatic rings. The fourth-order valence-corrected chi connectivity index (χ4v) is 3.37. The SMILES string of the molecule is c1ccc(CO[C@@H]2C[C@@H]3CC[C@@H](C3)C2)cc1. The lowest BCUT2D eigenvalue weighted by atomic mass is 9.87. The summed E-state index contributed by atoms with van der Waals surface area (Å²) in [6, 6.07) is 10.5. The zero-order chi connectivity index (χ0) is 10.8. The van der Waals surface area contributed by atoms with Gasteiger partial charge in [0.05, 0.1) is 12.7 Å². The third-order valence-electron chi connectivity index (χ3n) is 4.17. The molecule has 0 heterocycles. The molecular formula is C15H20O. The Bertz CT molecular complexity index is 321. The molecule has 0 aliphatic heterocycles. The van der Waals surface area contributed by atoms with Crippen molar-refractivity contribution in [3.05, 3.63) is 35.9 Å². The van der Waals surface area contributed by atoms with Gasteiger partial charge in [-0.15, -0.1) is 0 Å². The quantitative estimate of drug-likeness (QED) is 0.747. The number of hydrogen-bond donors (Lipinski definition) is 0. The van der Waals surface area contributed by atoms with Gasteiger partial charge in [0.2, 0.25) is 0 Å². The van der Waals surface area contributed by atoms with Crippen LogP contribution < -0.4 is 0 Å². The molecule has 16 heavy (non-hydrogen) atoms. The van der Waals surface area contributed by atoms with Crippen LogP contribution in [0.5, 0.6) is 0 Å². The third kappa shape index (κ3) is 2.30. The Labute approximate surface area is 97.8 Å². The molecule has 1 aromatic carbocycles. The molecular weight excluding hydrogens is 196 g/mol. The summed E-state index contributed by atoms with van der Waals surface area (Å²) in [5, 5.41) is 0. The summed E-state index contributed by atoms with van der Waals surface area (Å²) in [4.78, 5) is 0. The molecule has 0 amide bonds. The lowest BCUT2D eigenvalue weighted by Crippen LogP contribution is -2.23. The number of fused-ring (bicyclic) bond motifs is 2. The van der Waals surface area contributed by atoms with Gasteiger partial charge in [0.15, 0.2) is 0 Å². The van der Waals surface area contributed by atoms with Crippen LogP contribution in [0.3, 0.4) is 0 Å². The summed E-state index contributed by atoms with van der Waals surface area (Å²) in [6.07, 6.45) is 7.54. The number of hydrogen-bond acceptors (Lipinski definition) is 1. The predicted molar refractivity (Wildman–Crippen MR) is 65.1 cm³/mol. The maximum atomic E-state index is 6.05. The van der Waals surface area contributed by atoms with Crippen LogP contribution in [-0.2, 0) is 11.3 Å². The first-order valence-electron chi connectivity index (χ1n) is 6.55. The first-order chi connectivity index (χ1) is 7.90. The molecule has 3 rings (SSSR count). The van der Waals surface area contributed by atoms with Gasteiger partial charge in [-0.1, -0.05) is 43.2 Å². The number of ether oxygens (including phenoxy) is 1. The van der Waals surface area contributed by atoms with Crippen LogP contribution in [-0.4, -0.2) is 6.10 Å². The minimum Gasteiger partial charge on any atom is -0.374 e. The molecule has 0 spiro atoms. The van der Waals surface area contributed by atoms with Crippen molar-refractivity contribution in [2.24, 2.45) is 11.8 Å². The minimum absolute atomic E-state index is 0.534. The zero-order valence-corrected chi connectivity index (χ0v) is 9.77. The van der Waals surface area contributed by atoms with Gasteiger partial charge in [0, 0.05) is 0 Å². The van der Waals surface area contributed by atoms with E-state index in [2.05, 4.69) is 30.3 Å². The standard InChI is InChI=1S/C15H20O/c1-2-4-12(5-3-1)11-16-15-9-13-6-7-14(8-13)10-15/h1-5,13-15H,6-11H2/t13-,14+,15-. The highest BCUT2D eigenvalue weighted by Gasteiger charge is 2.34. The van der Waals surface area contributed by atoms with Gasteiger partial charge in [0.25, 0.3) is 0 Å². The Kier molecular flexibility index (Phi) is 2.96. The Morgan fingerprint density at radius 3 is 2.31 bits per heavy atom. The fourth-order valence-electron chi connectivity index (χ4n) is 3.37. The van der Waals surface area contributed by atoms with Gasteiger partial charge in [0.1, 0.15) is 0 Å². The minimum atomic E-state index is 0.534. The van der Waals surface area contributed by atoms with Crippen molar-refractivity contribution >= 4 is 0 Å². The van der Waals surface area contributed by atoms with E-state index < -0.39 is 0 Å². The van der Waals surface area contributed by atoms with Crippen LogP contribution in [0, 0.1) is 11.8 Å². The average molecular weight is 216 g/mol. The molecule has 0 radical (unpaired) electrons. The van der Waals surface area contributed by atoms with Gasteiger partial charge < -0.3 is 4.74 Å². The maximum Gasteiger partial charge on any atom is 0.0720 e. The van der Waals surface area contributed by atoms with Gasteiger partial charge in [-0.3, -0.25) is 0 Å². The second kappa shape index (κ2) is 4.58. The van der Waals surface area contributed by atoms with Crippen molar-refractivity contribution in [3.8, 4) is 0 Å². The van der Waals surface area contributed by atoms with Crippen LogP contribution in [0.2, 0.25) is 0 Å². The Hall–Kier alpha value is -0.820. The van der Waals surface area contributed by atoms with Crippen molar-refractivity contribution in [2.75, 3.05) is 0 Å². The second-order valence-electron chi connectivity index (χ2n) is 5.44. The lowest BCUT2D eigenvalue weighted by molar-refractivity contribution is -0.000884.